The summed E-state index contributed by atoms with van der Waals surface area (Å²) in [7, 11) is 0. The first-order valence-electron chi connectivity index (χ1n) is 12.4. The molecule has 0 radical (unpaired) electrons. The van der Waals surface area contributed by atoms with Gasteiger partial charge in [-0.1, -0.05) is 54.9 Å². The number of rotatable bonds is 10. The average Bonchev–Trinajstić information content (AvgIpc) is 3.10. The number of hydrogen-bond acceptors (Lipinski definition) is 4. The quantitative estimate of drug-likeness (QED) is 0.288. The van der Waals surface area contributed by atoms with Crippen LogP contribution >= 0.6 is 23.2 Å². The predicted molar refractivity (Wildman–Crippen MR) is 141 cm³/mol. The molecule has 1 aliphatic rings. The largest absolute Gasteiger partial charge is 0.872 e. The molecule has 1 amide bonds. The minimum Gasteiger partial charge on any atom is -0.872 e. The van der Waals surface area contributed by atoms with Crippen LogP contribution in [0.2, 0.25) is 10.0 Å². The van der Waals surface area contributed by atoms with E-state index in [4.69, 9.17) is 27.9 Å². The summed E-state index contributed by atoms with van der Waals surface area (Å²) in [5.74, 6) is -0.873. The predicted octanol–water partition coefficient (Wildman–Crippen LogP) is 3.49. The van der Waals surface area contributed by atoms with E-state index >= 15 is 0 Å². The maximum Gasteiger partial charge on any atom is 0.295 e. The van der Waals surface area contributed by atoms with E-state index in [0.29, 0.717) is 52.5 Å². The number of carbonyl (C=O) groups is 2. The second kappa shape index (κ2) is 12.1. The van der Waals surface area contributed by atoms with E-state index in [-0.39, 0.29) is 5.57 Å². The number of nitrogens with zero attached hydrogens (tertiary/aromatic N) is 1. The molecular weight excluding hydrogens is 499 g/mol. The van der Waals surface area contributed by atoms with Crippen molar-refractivity contribution >= 4 is 40.7 Å². The first-order valence-corrected chi connectivity index (χ1v) is 13.1. The lowest BCUT2D eigenvalue weighted by atomic mass is 9.94. The summed E-state index contributed by atoms with van der Waals surface area (Å²) in [6, 6.07) is 9.21. The van der Waals surface area contributed by atoms with Crippen molar-refractivity contribution in [1.29, 1.82) is 0 Å². The van der Waals surface area contributed by atoms with Crippen molar-refractivity contribution in [3.63, 3.8) is 0 Å². The van der Waals surface area contributed by atoms with Crippen LogP contribution in [0.25, 0.3) is 5.76 Å². The molecule has 0 aliphatic carbocycles. The number of carbonyl (C=O) groups excluding carboxylic acids is 2. The summed E-state index contributed by atoms with van der Waals surface area (Å²) in [4.78, 5) is 29.2. The lowest BCUT2D eigenvalue weighted by molar-refractivity contribution is -0.895. The van der Waals surface area contributed by atoms with Gasteiger partial charge in [-0.2, -0.15) is 0 Å². The number of amides is 1. The van der Waals surface area contributed by atoms with Gasteiger partial charge in [0, 0.05) is 5.57 Å². The van der Waals surface area contributed by atoms with Crippen molar-refractivity contribution in [2.24, 2.45) is 5.92 Å². The molecule has 1 heterocycles. The average molecular weight is 533 g/mol. The third kappa shape index (κ3) is 6.05. The Kier molecular flexibility index (Phi) is 9.45. The number of halogens is 2. The summed E-state index contributed by atoms with van der Waals surface area (Å²) in [6.07, 6.45) is 0. The fraction of sp³-hybridized carbons (Fsp3) is 0.429. The Hall–Kier alpha value is -2.54. The topological polar surface area (TPSA) is 74.1 Å². The van der Waals surface area contributed by atoms with Crippen molar-refractivity contribution in [3.05, 3.63) is 68.7 Å². The Bertz CT molecular complexity index is 1160. The zero-order valence-corrected chi connectivity index (χ0v) is 23.0. The lowest BCUT2D eigenvalue weighted by Gasteiger charge is -2.29. The number of ketones is 1. The molecule has 1 aliphatic heterocycles. The second-order valence-corrected chi connectivity index (χ2v) is 10.4. The molecule has 0 bridgehead atoms. The number of quaternary nitrogens is 1. The molecule has 0 aromatic heterocycles. The molecule has 6 nitrogen and oxygen atoms in total. The molecule has 1 saturated heterocycles. The highest BCUT2D eigenvalue weighted by Gasteiger charge is 2.44. The Labute approximate surface area is 223 Å². The zero-order chi connectivity index (χ0) is 26.6. The van der Waals surface area contributed by atoms with E-state index in [9.17, 15) is 14.7 Å². The summed E-state index contributed by atoms with van der Waals surface area (Å²) < 4.78 is 5.83. The van der Waals surface area contributed by atoms with Crippen molar-refractivity contribution < 1.29 is 24.3 Å². The maximum absolute atomic E-state index is 13.7. The number of benzene rings is 2. The molecule has 0 saturated carbocycles. The molecule has 1 unspecified atom stereocenters. The minimum absolute atomic E-state index is 0.0665. The van der Waals surface area contributed by atoms with E-state index < -0.39 is 23.5 Å². The Morgan fingerprint density at radius 1 is 1.08 bits per heavy atom. The molecule has 36 heavy (non-hydrogen) atoms. The van der Waals surface area contributed by atoms with Crippen molar-refractivity contribution in [2.75, 3.05) is 32.8 Å². The Morgan fingerprint density at radius 2 is 1.78 bits per heavy atom. The van der Waals surface area contributed by atoms with Crippen LogP contribution in [0.5, 0.6) is 5.75 Å². The first-order chi connectivity index (χ1) is 17.1. The lowest BCUT2D eigenvalue weighted by Crippen LogP contribution is -3.12. The fourth-order valence-corrected chi connectivity index (χ4v) is 4.68. The number of Topliss-reactive ketones (excluding diaryl/α,β-unsaturated/α-hetero) is 1. The van der Waals surface area contributed by atoms with Gasteiger partial charge in [-0.05, 0) is 67.6 Å². The number of nitrogens with one attached hydrogen (secondary N) is 1. The molecule has 1 atom stereocenters. The third-order valence-corrected chi connectivity index (χ3v) is 7.24. The highest BCUT2D eigenvalue weighted by molar-refractivity contribution is 6.46. The van der Waals surface area contributed by atoms with Crippen molar-refractivity contribution in [3.8, 4) is 5.75 Å². The summed E-state index contributed by atoms with van der Waals surface area (Å²) >= 11 is 12.4. The molecule has 8 heteroatoms. The number of aryl methyl sites for hydroxylation is 1. The van der Waals surface area contributed by atoms with Crippen LogP contribution in [0.4, 0.5) is 0 Å². The van der Waals surface area contributed by atoms with Gasteiger partial charge in [0.15, 0.2) is 0 Å². The van der Waals surface area contributed by atoms with Crippen molar-refractivity contribution in [1.82, 2.24) is 4.90 Å². The highest BCUT2D eigenvalue weighted by Crippen LogP contribution is 2.40. The molecule has 2 aromatic carbocycles. The standard InChI is InChI=1S/C28H34Cl2N2O4/c1-6-31(7-2)12-13-32-25(19-8-10-21(29)22(30)15-19)24(27(34)28(32)35)26(33)20-9-11-23(18(5)14-20)36-16-17(3)4/h8-11,14-15,17,25,33H,6-7,12-13,16H2,1-5H3/b26-24+. The zero-order valence-electron chi connectivity index (χ0n) is 21.5. The molecule has 1 N–H and O–H groups in total. The van der Waals surface area contributed by atoms with Gasteiger partial charge in [0.2, 0.25) is 5.78 Å². The van der Waals surface area contributed by atoms with Crippen LogP contribution in [-0.2, 0) is 9.59 Å². The number of ether oxygens (including phenoxy) is 1. The minimum atomic E-state index is -0.834. The summed E-state index contributed by atoms with van der Waals surface area (Å²) in [5.41, 5.74) is 1.63. The molecular formula is C28H34Cl2N2O4. The van der Waals surface area contributed by atoms with Gasteiger partial charge in [-0.25, -0.2) is 0 Å². The summed E-state index contributed by atoms with van der Waals surface area (Å²) in [6.45, 7) is 13.5. The van der Waals surface area contributed by atoms with Crippen LogP contribution in [0.15, 0.2) is 42.0 Å². The van der Waals surface area contributed by atoms with E-state index in [1.807, 2.05) is 6.92 Å². The number of likely N-dealkylation sites (N-methyl/N-ethyl adjacent to an activating group) is 1. The Balaban J connectivity index is 2.08. The molecule has 2 aromatic rings. The smallest absolute Gasteiger partial charge is 0.295 e. The summed E-state index contributed by atoms with van der Waals surface area (Å²) in [5, 5.41) is 14.4. The van der Waals surface area contributed by atoms with E-state index in [0.717, 1.165) is 18.7 Å². The molecule has 194 valence electrons. The SMILES string of the molecule is CC[NH+](CC)CCN1C(=O)C(=O)/C(=C(/[O-])c2ccc(OCC(C)C)c(C)c2)C1c1ccc(Cl)c(Cl)c1. The first kappa shape index (κ1) is 28.0. The van der Waals surface area contributed by atoms with Gasteiger partial charge in [0.1, 0.15) is 5.75 Å². The van der Waals surface area contributed by atoms with Crippen LogP contribution in [0.1, 0.15) is 50.4 Å². The molecule has 3 rings (SSSR count). The van der Waals surface area contributed by atoms with Gasteiger partial charge in [0.25, 0.3) is 5.91 Å². The van der Waals surface area contributed by atoms with Crippen LogP contribution < -0.4 is 14.7 Å². The monoisotopic (exact) mass is 532 g/mol. The van der Waals surface area contributed by atoms with Gasteiger partial charge in [-0.3, -0.25) is 9.59 Å². The molecule has 0 spiro atoms. The normalized spacial score (nSPS) is 17.5. The van der Waals surface area contributed by atoms with Crippen molar-refractivity contribution in [2.45, 2.75) is 40.7 Å². The number of hydrogen-bond donors (Lipinski definition) is 1. The van der Waals surface area contributed by atoms with Crippen LogP contribution in [0, 0.1) is 12.8 Å². The molecule has 1 fully saturated rings. The maximum atomic E-state index is 13.7. The van der Waals surface area contributed by atoms with E-state index in [1.165, 1.54) is 9.80 Å². The van der Waals surface area contributed by atoms with Gasteiger partial charge in [0.05, 0.1) is 48.9 Å². The van der Waals surface area contributed by atoms with E-state index in [1.54, 1.807) is 36.4 Å². The van der Waals surface area contributed by atoms with Gasteiger partial charge < -0.3 is 19.6 Å². The van der Waals surface area contributed by atoms with Gasteiger partial charge in [-0.15, -0.1) is 0 Å². The third-order valence-electron chi connectivity index (χ3n) is 6.50. The highest BCUT2D eigenvalue weighted by atomic mass is 35.5. The van der Waals surface area contributed by atoms with Crippen LogP contribution in [0.3, 0.4) is 0 Å². The second-order valence-electron chi connectivity index (χ2n) is 9.54. The number of likely N-dealkylation sites (tertiary alicyclic amines) is 1. The Morgan fingerprint density at radius 3 is 2.36 bits per heavy atom. The van der Waals surface area contributed by atoms with E-state index in [2.05, 4.69) is 27.7 Å². The fourth-order valence-electron chi connectivity index (χ4n) is 4.38. The van der Waals surface area contributed by atoms with Gasteiger partial charge >= 0.3 is 0 Å². The van der Waals surface area contributed by atoms with Crippen LogP contribution in [-0.4, -0.2) is 49.4 Å².